The molecule has 4 heteroatoms. The van der Waals surface area contributed by atoms with Gasteiger partial charge in [0.15, 0.2) is 0 Å². The number of carbonyl (C=O) groups is 1. The van der Waals surface area contributed by atoms with Gasteiger partial charge in [0.25, 0.3) is 0 Å². The maximum Gasteiger partial charge on any atom is 0.220 e. The quantitative estimate of drug-likeness (QED) is 0.800. The van der Waals surface area contributed by atoms with Crippen molar-refractivity contribution in [3.63, 3.8) is 0 Å². The second-order valence-electron chi connectivity index (χ2n) is 4.94. The van der Waals surface area contributed by atoms with E-state index in [9.17, 15) is 4.79 Å². The molecule has 1 N–H and O–H groups in total. The van der Waals surface area contributed by atoms with Gasteiger partial charge in [-0.25, -0.2) is 0 Å². The number of hydrogen-bond donors (Lipinski definition) is 1. The summed E-state index contributed by atoms with van der Waals surface area (Å²) in [6, 6.07) is 15.5. The van der Waals surface area contributed by atoms with Crippen molar-refractivity contribution in [1.29, 1.82) is 0 Å². The molecule has 2 aromatic carbocycles. The number of carbonyl (C=O) groups excluding carboxylic acids is 1. The van der Waals surface area contributed by atoms with E-state index in [1.54, 1.807) is 0 Å². The highest BCUT2D eigenvalue weighted by Crippen LogP contribution is 2.22. The number of aryl methyl sites for hydroxylation is 1. The van der Waals surface area contributed by atoms with Crippen LogP contribution in [0.2, 0.25) is 5.02 Å². The molecule has 2 rings (SSSR count). The minimum atomic E-state index is -0.0892. The first kappa shape index (κ1) is 16.1. The fraction of sp³-hybridized carbons (Fsp3) is 0.235. The summed E-state index contributed by atoms with van der Waals surface area (Å²) >= 11 is 9.57. The Morgan fingerprint density at radius 3 is 2.71 bits per heavy atom. The molecule has 1 amide bonds. The second-order valence-corrected chi connectivity index (χ2v) is 6.26. The normalized spacial score (nSPS) is 12.0. The fourth-order valence-electron chi connectivity index (χ4n) is 2.17. The predicted octanol–water partition coefficient (Wildman–Crippen LogP) is 4.91. The minimum Gasteiger partial charge on any atom is -0.350 e. The van der Waals surface area contributed by atoms with Crippen LogP contribution < -0.4 is 5.32 Å². The van der Waals surface area contributed by atoms with Gasteiger partial charge >= 0.3 is 0 Å². The van der Waals surface area contributed by atoms with Gasteiger partial charge in [0.1, 0.15) is 0 Å². The Balaban J connectivity index is 1.89. The third-order valence-corrected chi connectivity index (χ3v) is 4.12. The fourth-order valence-corrected chi connectivity index (χ4v) is 2.91. The van der Waals surface area contributed by atoms with Crippen LogP contribution in [0.4, 0.5) is 0 Å². The van der Waals surface area contributed by atoms with Gasteiger partial charge in [0.2, 0.25) is 5.91 Å². The van der Waals surface area contributed by atoms with E-state index in [2.05, 4.69) is 21.2 Å². The summed E-state index contributed by atoms with van der Waals surface area (Å²) < 4.78 is 1.03. The summed E-state index contributed by atoms with van der Waals surface area (Å²) in [6.07, 6.45) is 1.19. The topological polar surface area (TPSA) is 29.1 Å². The van der Waals surface area contributed by atoms with Crippen LogP contribution >= 0.6 is 27.5 Å². The number of nitrogens with one attached hydrogen (secondary N) is 1. The average Bonchev–Trinajstić information content (AvgIpc) is 2.45. The van der Waals surface area contributed by atoms with Gasteiger partial charge in [-0.05, 0) is 42.7 Å². The Kier molecular flexibility index (Phi) is 5.83. The number of hydrogen-bond acceptors (Lipinski definition) is 1. The van der Waals surface area contributed by atoms with E-state index in [-0.39, 0.29) is 11.9 Å². The van der Waals surface area contributed by atoms with Crippen molar-refractivity contribution in [1.82, 2.24) is 5.32 Å². The zero-order chi connectivity index (χ0) is 15.2. The van der Waals surface area contributed by atoms with Crippen molar-refractivity contribution < 1.29 is 4.79 Å². The Hall–Kier alpha value is -1.32. The first-order valence-corrected chi connectivity index (χ1v) is 8.01. The molecule has 0 bridgehead atoms. The molecule has 1 unspecified atom stereocenters. The van der Waals surface area contributed by atoms with Gasteiger partial charge in [-0.15, -0.1) is 0 Å². The molecular weight excluding hydrogens is 350 g/mol. The van der Waals surface area contributed by atoms with Crippen molar-refractivity contribution in [3.05, 3.63) is 69.2 Å². The molecule has 110 valence electrons. The maximum atomic E-state index is 12.0. The van der Waals surface area contributed by atoms with Crippen LogP contribution in [-0.2, 0) is 11.2 Å². The smallest absolute Gasteiger partial charge is 0.220 e. The first-order valence-electron chi connectivity index (χ1n) is 6.84. The molecule has 2 nitrogen and oxygen atoms in total. The molecule has 1 atom stereocenters. The van der Waals surface area contributed by atoms with Crippen molar-refractivity contribution in [2.24, 2.45) is 0 Å². The summed E-state index contributed by atoms with van der Waals surface area (Å²) in [4.78, 5) is 12.0. The van der Waals surface area contributed by atoms with Gasteiger partial charge in [-0.3, -0.25) is 4.79 Å². The molecule has 0 spiro atoms. The molecule has 0 aliphatic carbocycles. The molecule has 0 aromatic heterocycles. The molecule has 0 radical (unpaired) electrons. The molecule has 2 aromatic rings. The van der Waals surface area contributed by atoms with E-state index >= 15 is 0 Å². The van der Waals surface area contributed by atoms with Crippen molar-refractivity contribution in [3.8, 4) is 0 Å². The number of rotatable bonds is 5. The lowest BCUT2D eigenvalue weighted by Gasteiger charge is -2.15. The Morgan fingerprint density at radius 1 is 1.24 bits per heavy atom. The monoisotopic (exact) mass is 365 g/mol. The van der Waals surface area contributed by atoms with E-state index in [1.165, 1.54) is 0 Å². The van der Waals surface area contributed by atoms with E-state index in [4.69, 9.17) is 11.6 Å². The predicted molar refractivity (Wildman–Crippen MR) is 90.5 cm³/mol. The standard InChI is InChI=1S/C17H17BrClNO/c1-12(15-7-2-3-8-16(15)19)20-17(21)10-9-13-5-4-6-14(18)11-13/h2-8,11-12H,9-10H2,1H3,(H,20,21). The van der Waals surface area contributed by atoms with Crippen LogP contribution in [0.25, 0.3) is 0 Å². The SMILES string of the molecule is CC(NC(=O)CCc1cccc(Br)c1)c1ccccc1Cl. The molecule has 0 heterocycles. The maximum absolute atomic E-state index is 12.0. The highest BCUT2D eigenvalue weighted by Gasteiger charge is 2.12. The van der Waals surface area contributed by atoms with Crippen molar-refractivity contribution >= 4 is 33.4 Å². The molecule has 0 saturated carbocycles. The summed E-state index contributed by atoms with van der Waals surface area (Å²) in [7, 11) is 0. The van der Waals surface area contributed by atoms with Crippen LogP contribution in [0, 0.1) is 0 Å². The van der Waals surface area contributed by atoms with E-state index in [0.29, 0.717) is 11.4 Å². The van der Waals surface area contributed by atoms with Crippen molar-refractivity contribution in [2.75, 3.05) is 0 Å². The van der Waals surface area contributed by atoms with Crippen LogP contribution in [0.15, 0.2) is 53.0 Å². The summed E-state index contributed by atoms with van der Waals surface area (Å²) in [6.45, 7) is 1.94. The largest absolute Gasteiger partial charge is 0.350 e. The summed E-state index contributed by atoms with van der Waals surface area (Å²) in [5, 5.41) is 3.66. The lowest BCUT2D eigenvalue weighted by Crippen LogP contribution is -2.27. The van der Waals surface area contributed by atoms with E-state index in [1.807, 2.05) is 55.5 Å². The lowest BCUT2D eigenvalue weighted by atomic mass is 10.1. The highest BCUT2D eigenvalue weighted by atomic mass is 79.9. The third kappa shape index (κ3) is 4.87. The summed E-state index contributed by atoms with van der Waals surface area (Å²) in [5.41, 5.74) is 2.08. The zero-order valence-electron chi connectivity index (χ0n) is 11.8. The highest BCUT2D eigenvalue weighted by molar-refractivity contribution is 9.10. The second kappa shape index (κ2) is 7.62. The number of benzene rings is 2. The number of amides is 1. The van der Waals surface area contributed by atoms with E-state index < -0.39 is 0 Å². The van der Waals surface area contributed by atoms with Gasteiger partial charge in [-0.2, -0.15) is 0 Å². The van der Waals surface area contributed by atoms with Crippen LogP contribution in [-0.4, -0.2) is 5.91 Å². The van der Waals surface area contributed by atoms with Gasteiger partial charge < -0.3 is 5.32 Å². The van der Waals surface area contributed by atoms with Crippen LogP contribution in [0.5, 0.6) is 0 Å². The number of halogens is 2. The van der Waals surface area contributed by atoms with E-state index in [0.717, 1.165) is 22.0 Å². The van der Waals surface area contributed by atoms with Crippen LogP contribution in [0.3, 0.4) is 0 Å². The summed E-state index contributed by atoms with van der Waals surface area (Å²) in [5.74, 6) is 0.0300. The Bertz CT molecular complexity index is 630. The molecule has 0 fully saturated rings. The molecule has 21 heavy (non-hydrogen) atoms. The van der Waals surface area contributed by atoms with Gasteiger partial charge in [0, 0.05) is 15.9 Å². The molecule has 0 aliphatic heterocycles. The average molecular weight is 367 g/mol. The lowest BCUT2D eigenvalue weighted by molar-refractivity contribution is -0.121. The van der Waals surface area contributed by atoms with Gasteiger partial charge in [0.05, 0.1) is 6.04 Å². The Labute approximate surface area is 138 Å². The first-order chi connectivity index (χ1) is 10.1. The third-order valence-electron chi connectivity index (χ3n) is 3.28. The molecule has 0 saturated heterocycles. The van der Waals surface area contributed by atoms with Crippen molar-refractivity contribution in [2.45, 2.75) is 25.8 Å². The Morgan fingerprint density at radius 2 is 2.00 bits per heavy atom. The molecular formula is C17H17BrClNO. The van der Waals surface area contributed by atoms with Gasteiger partial charge in [-0.1, -0.05) is 57.9 Å². The van der Waals surface area contributed by atoms with Crippen LogP contribution in [0.1, 0.15) is 30.5 Å². The molecule has 0 aliphatic rings. The minimum absolute atomic E-state index is 0.0300. The zero-order valence-corrected chi connectivity index (χ0v) is 14.1.